The molecule has 2 aromatic rings. The monoisotopic (exact) mass is 458 g/mol. The average Bonchev–Trinajstić information content (AvgIpc) is 3.48. The van der Waals surface area contributed by atoms with Gasteiger partial charge in [0.15, 0.2) is 0 Å². The van der Waals surface area contributed by atoms with Crippen LogP contribution in [0.5, 0.6) is 0 Å². The zero-order valence-corrected chi connectivity index (χ0v) is 18.8. The maximum atomic E-state index is 14.1. The molecule has 1 unspecified atom stereocenters. The third-order valence-corrected chi connectivity index (χ3v) is 7.54. The summed E-state index contributed by atoms with van der Waals surface area (Å²) >= 11 is 1.43. The van der Waals surface area contributed by atoms with Crippen LogP contribution in [0, 0.1) is 11.7 Å². The number of carbonyl (C=O) groups excluding carboxylic acids is 2. The molecule has 3 aliphatic rings. The predicted octanol–water partition coefficient (Wildman–Crippen LogP) is 2.37. The van der Waals surface area contributed by atoms with Crippen molar-refractivity contribution in [1.82, 2.24) is 15.1 Å². The molecule has 1 atom stereocenters. The van der Waals surface area contributed by atoms with E-state index in [2.05, 4.69) is 15.1 Å². The third-order valence-electron chi connectivity index (χ3n) is 6.53. The molecule has 5 rings (SSSR count). The first-order valence-electron chi connectivity index (χ1n) is 11.3. The second-order valence-corrected chi connectivity index (χ2v) is 9.50. The Hall–Kier alpha value is -2.75. The van der Waals surface area contributed by atoms with Crippen LogP contribution in [0.1, 0.15) is 25.7 Å². The first kappa shape index (κ1) is 21.1. The third kappa shape index (κ3) is 4.15. The highest BCUT2D eigenvalue weighted by molar-refractivity contribution is 7.19. The lowest BCUT2D eigenvalue weighted by Crippen LogP contribution is -2.52. The minimum atomic E-state index is -0.220. The fourth-order valence-electron chi connectivity index (χ4n) is 4.78. The molecule has 1 aromatic heterocycles. The van der Waals surface area contributed by atoms with Crippen LogP contribution in [0.2, 0.25) is 0 Å². The van der Waals surface area contributed by atoms with Crippen molar-refractivity contribution in [1.29, 1.82) is 0 Å². The lowest BCUT2D eigenvalue weighted by Gasteiger charge is -2.39. The Bertz CT molecular complexity index is 992. The molecule has 0 aliphatic carbocycles. The van der Waals surface area contributed by atoms with Gasteiger partial charge in [0.05, 0.1) is 11.6 Å². The van der Waals surface area contributed by atoms with E-state index >= 15 is 0 Å². The Morgan fingerprint density at radius 1 is 0.969 bits per heavy atom. The number of nitrogens with zero attached hydrogens (tertiary/aromatic N) is 6. The van der Waals surface area contributed by atoms with Crippen LogP contribution in [0.15, 0.2) is 24.3 Å². The Balaban J connectivity index is 1.19. The van der Waals surface area contributed by atoms with Crippen molar-refractivity contribution in [2.75, 3.05) is 60.5 Å². The van der Waals surface area contributed by atoms with Gasteiger partial charge < -0.3 is 14.7 Å². The van der Waals surface area contributed by atoms with Crippen molar-refractivity contribution in [2.24, 2.45) is 5.92 Å². The highest BCUT2D eigenvalue weighted by atomic mass is 32.1. The SMILES string of the molecule is O=C(C1CCCN(c2nnc(N3CCCC3=O)s2)C1)N1CCN(c2ccccc2F)CC1. The summed E-state index contributed by atoms with van der Waals surface area (Å²) < 4.78 is 14.1. The number of anilines is 3. The summed E-state index contributed by atoms with van der Waals surface area (Å²) in [5, 5.41) is 9.97. The van der Waals surface area contributed by atoms with E-state index in [4.69, 9.17) is 0 Å². The molecule has 0 N–H and O–H groups in total. The Morgan fingerprint density at radius 2 is 1.75 bits per heavy atom. The standard InChI is InChI=1S/C22H27FN6O2S/c23-17-6-1-2-7-18(17)26-11-13-27(14-12-26)20(31)16-5-3-9-28(15-16)21-24-25-22(32-21)29-10-4-8-19(29)30/h1-2,6-7,16H,3-5,8-15H2. The van der Waals surface area contributed by atoms with Crippen LogP contribution in [0.25, 0.3) is 0 Å². The summed E-state index contributed by atoms with van der Waals surface area (Å²) in [5.41, 5.74) is 0.604. The summed E-state index contributed by atoms with van der Waals surface area (Å²) in [6, 6.07) is 6.79. The second kappa shape index (κ2) is 9.01. The van der Waals surface area contributed by atoms with Gasteiger partial charge in [-0.3, -0.25) is 14.5 Å². The number of carbonyl (C=O) groups is 2. The molecular weight excluding hydrogens is 431 g/mol. The maximum absolute atomic E-state index is 14.1. The van der Waals surface area contributed by atoms with Crippen molar-refractivity contribution >= 4 is 39.1 Å². The lowest BCUT2D eigenvalue weighted by molar-refractivity contribution is -0.136. The molecule has 3 fully saturated rings. The van der Waals surface area contributed by atoms with Gasteiger partial charge in [0.2, 0.25) is 22.1 Å². The number of hydrogen-bond acceptors (Lipinski definition) is 7. The van der Waals surface area contributed by atoms with Gasteiger partial charge in [-0.2, -0.15) is 0 Å². The topological polar surface area (TPSA) is 72.9 Å². The number of halogens is 1. The zero-order chi connectivity index (χ0) is 22.1. The van der Waals surface area contributed by atoms with E-state index < -0.39 is 0 Å². The summed E-state index contributed by atoms with van der Waals surface area (Å²) in [5.74, 6) is -0.0250. The molecule has 3 saturated heterocycles. The number of para-hydroxylation sites is 1. The van der Waals surface area contributed by atoms with Crippen molar-refractivity contribution in [3.05, 3.63) is 30.1 Å². The molecule has 8 nitrogen and oxygen atoms in total. The molecule has 3 aliphatic heterocycles. The first-order valence-corrected chi connectivity index (χ1v) is 12.1. The lowest BCUT2D eigenvalue weighted by atomic mass is 9.96. The first-order chi connectivity index (χ1) is 15.6. The van der Waals surface area contributed by atoms with E-state index in [0.717, 1.165) is 30.9 Å². The quantitative estimate of drug-likeness (QED) is 0.701. The van der Waals surface area contributed by atoms with E-state index in [1.165, 1.54) is 17.4 Å². The van der Waals surface area contributed by atoms with Gasteiger partial charge in [0.1, 0.15) is 5.82 Å². The van der Waals surface area contributed by atoms with E-state index in [-0.39, 0.29) is 23.5 Å². The van der Waals surface area contributed by atoms with Crippen molar-refractivity contribution in [3.8, 4) is 0 Å². The highest BCUT2D eigenvalue weighted by Crippen LogP contribution is 2.32. The molecule has 170 valence electrons. The largest absolute Gasteiger partial charge is 0.366 e. The van der Waals surface area contributed by atoms with Gasteiger partial charge in [-0.1, -0.05) is 23.5 Å². The fourth-order valence-corrected chi connectivity index (χ4v) is 5.71. The minimum absolute atomic E-state index is 0.0791. The maximum Gasteiger partial charge on any atom is 0.228 e. The smallest absolute Gasteiger partial charge is 0.228 e. The highest BCUT2D eigenvalue weighted by Gasteiger charge is 2.33. The van der Waals surface area contributed by atoms with E-state index in [1.807, 2.05) is 15.9 Å². The van der Waals surface area contributed by atoms with Crippen LogP contribution < -0.4 is 14.7 Å². The van der Waals surface area contributed by atoms with Gasteiger partial charge in [-0.25, -0.2) is 4.39 Å². The fraction of sp³-hybridized carbons (Fsp3) is 0.545. The van der Waals surface area contributed by atoms with Crippen LogP contribution in [0.3, 0.4) is 0 Å². The minimum Gasteiger partial charge on any atom is -0.366 e. The summed E-state index contributed by atoms with van der Waals surface area (Å²) in [7, 11) is 0. The van der Waals surface area contributed by atoms with Crippen molar-refractivity contribution in [3.63, 3.8) is 0 Å². The Labute approximate surface area is 190 Å². The van der Waals surface area contributed by atoms with Crippen LogP contribution in [0.4, 0.5) is 20.3 Å². The predicted molar refractivity (Wildman–Crippen MR) is 122 cm³/mol. The number of piperazine rings is 1. The van der Waals surface area contributed by atoms with Crippen LogP contribution in [-0.4, -0.2) is 72.7 Å². The molecule has 1 aromatic carbocycles. The van der Waals surface area contributed by atoms with Gasteiger partial charge >= 0.3 is 0 Å². The number of amides is 2. The van der Waals surface area contributed by atoms with Gasteiger partial charge in [-0.05, 0) is 31.4 Å². The number of rotatable bonds is 4. The summed E-state index contributed by atoms with van der Waals surface area (Å²) in [6.45, 7) is 4.63. The molecule has 2 amide bonds. The molecule has 10 heteroatoms. The van der Waals surface area contributed by atoms with E-state index in [9.17, 15) is 14.0 Å². The molecule has 0 saturated carbocycles. The number of hydrogen-bond donors (Lipinski definition) is 0. The van der Waals surface area contributed by atoms with Gasteiger partial charge in [0.25, 0.3) is 0 Å². The van der Waals surface area contributed by atoms with Gasteiger partial charge in [-0.15, -0.1) is 10.2 Å². The normalized spacial score (nSPS) is 22.0. The molecule has 4 heterocycles. The van der Waals surface area contributed by atoms with Crippen LogP contribution >= 0.6 is 11.3 Å². The Kier molecular flexibility index (Phi) is 5.95. The molecule has 32 heavy (non-hydrogen) atoms. The zero-order valence-electron chi connectivity index (χ0n) is 18.0. The van der Waals surface area contributed by atoms with E-state index in [1.54, 1.807) is 17.0 Å². The van der Waals surface area contributed by atoms with Crippen molar-refractivity contribution in [2.45, 2.75) is 25.7 Å². The number of aromatic nitrogens is 2. The summed E-state index contributed by atoms with van der Waals surface area (Å²) in [4.78, 5) is 33.0. The number of benzene rings is 1. The van der Waals surface area contributed by atoms with Crippen molar-refractivity contribution < 1.29 is 14.0 Å². The number of piperidine rings is 1. The summed E-state index contributed by atoms with van der Waals surface area (Å²) in [6.07, 6.45) is 3.21. The van der Waals surface area contributed by atoms with Crippen LogP contribution in [-0.2, 0) is 9.59 Å². The Morgan fingerprint density at radius 3 is 2.50 bits per heavy atom. The second-order valence-electron chi connectivity index (χ2n) is 8.57. The van der Waals surface area contributed by atoms with Gasteiger partial charge in [0, 0.05) is 52.2 Å². The molecule has 0 spiro atoms. The average molecular weight is 459 g/mol. The van der Waals surface area contributed by atoms with E-state index in [0.29, 0.717) is 56.5 Å². The molecular formula is C22H27FN6O2S. The molecule has 0 bridgehead atoms. The molecule has 0 radical (unpaired) electrons.